The molecule has 3 aliphatic heterocycles. The zero-order valence-electron chi connectivity index (χ0n) is 11.9. The highest BCUT2D eigenvalue weighted by Gasteiger charge is 2.58. The molecular formula is C14H24O5. The van der Waals surface area contributed by atoms with E-state index in [0.717, 1.165) is 25.7 Å². The fourth-order valence-electron chi connectivity index (χ4n) is 3.44. The van der Waals surface area contributed by atoms with E-state index in [1.165, 1.54) is 0 Å². The van der Waals surface area contributed by atoms with Gasteiger partial charge < -0.3 is 23.7 Å². The molecule has 0 radical (unpaired) electrons. The van der Waals surface area contributed by atoms with E-state index in [4.69, 9.17) is 23.7 Å². The van der Waals surface area contributed by atoms with E-state index in [2.05, 4.69) is 13.8 Å². The predicted octanol–water partition coefficient (Wildman–Crippen LogP) is 1.84. The lowest BCUT2D eigenvalue weighted by Crippen LogP contribution is -2.54. The molecule has 0 aromatic heterocycles. The minimum atomic E-state index is -0.637. The Bertz CT molecular complexity index is 320. The maximum atomic E-state index is 6.21. The van der Waals surface area contributed by atoms with Crippen LogP contribution in [0.5, 0.6) is 0 Å². The standard InChI is InChI=1S/C14H24O5/c1-3-4-12(2)14(17-9-10-18-14)6-5-13(11-19-12)15-7-8-16-13/h3-11H2,1-2H3. The van der Waals surface area contributed by atoms with Crippen molar-refractivity contribution in [2.24, 2.45) is 0 Å². The molecule has 3 saturated heterocycles. The second-order valence-corrected chi connectivity index (χ2v) is 5.83. The van der Waals surface area contributed by atoms with Gasteiger partial charge in [0.2, 0.25) is 0 Å². The summed E-state index contributed by atoms with van der Waals surface area (Å²) in [6.07, 6.45) is 3.44. The van der Waals surface area contributed by atoms with E-state index in [1.54, 1.807) is 0 Å². The Morgan fingerprint density at radius 2 is 1.47 bits per heavy atom. The summed E-state index contributed by atoms with van der Waals surface area (Å²) in [5, 5.41) is 0. The van der Waals surface area contributed by atoms with Gasteiger partial charge in [0.15, 0.2) is 11.6 Å². The maximum absolute atomic E-state index is 6.21. The lowest BCUT2D eigenvalue weighted by atomic mass is 9.87. The fourth-order valence-corrected chi connectivity index (χ4v) is 3.44. The van der Waals surface area contributed by atoms with Gasteiger partial charge in [-0.3, -0.25) is 0 Å². The summed E-state index contributed by atoms with van der Waals surface area (Å²) in [6, 6.07) is 0. The maximum Gasteiger partial charge on any atom is 0.197 e. The van der Waals surface area contributed by atoms with Crippen molar-refractivity contribution in [1.82, 2.24) is 0 Å². The number of hydrogen-bond donors (Lipinski definition) is 0. The molecular weight excluding hydrogens is 248 g/mol. The number of ether oxygens (including phenoxy) is 5. The molecule has 19 heavy (non-hydrogen) atoms. The van der Waals surface area contributed by atoms with Gasteiger partial charge in [0, 0.05) is 12.8 Å². The fraction of sp³-hybridized carbons (Fsp3) is 1.00. The second kappa shape index (κ2) is 4.97. The van der Waals surface area contributed by atoms with E-state index in [-0.39, 0.29) is 0 Å². The van der Waals surface area contributed by atoms with E-state index in [1.807, 2.05) is 0 Å². The number of rotatable bonds is 2. The molecule has 1 atom stereocenters. The molecule has 3 rings (SSSR count). The molecule has 1 unspecified atom stereocenters. The Morgan fingerprint density at radius 1 is 0.842 bits per heavy atom. The van der Waals surface area contributed by atoms with Crippen LogP contribution < -0.4 is 0 Å². The molecule has 5 nitrogen and oxygen atoms in total. The largest absolute Gasteiger partial charge is 0.364 e. The average molecular weight is 272 g/mol. The van der Waals surface area contributed by atoms with Gasteiger partial charge in [0.05, 0.1) is 26.4 Å². The topological polar surface area (TPSA) is 46.2 Å². The zero-order valence-corrected chi connectivity index (χ0v) is 11.9. The Labute approximate surface area is 114 Å². The van der Waals surface area contributed by atoms with E-state index in [0.29, 0.717) is 33.0 Å². The number of hydrogen-bond acceptors (Lipinski definition) is 5. The van der Waals surface area contributed by atoms with Crippen LogP contribution in [0.25, 0.3) is 0 Å². The summed E-state index contributed by atoms with van der Waals surface area (Å²) in [6.45, 7) is 7.26. The molecule has 0 aliphatic carbocycles. The molecule has 110 valence electrons. The van der Waals surface area contributed by atoms with Gasteiger partial charge in [-0.15, -0.1) is 0 Å². The van der Waals surface area contributed by atoms with Gasteiger partial charge in [-0.1, -0.05) is 13.3 Å². The third-order valence-corrected chi connectivity index (χ3v) is 4.55. The summed E-state index contributed by atoms with van der Waals surface area (Å²) in [5.74, 6) is -1.23. The van der Waals surface area contributed by atoms with Gasteiger partial charge in [-0.2, -0.15) is 0 Å². The van der Waals surface area contributed by atoms with Crippen molar-refractivity contribution < 1.29 is 23.7 Å². The highest BCUT2D eigenvalue weighted by atomic mass is 16.8. The molecule has 0 aromatic carbocycles. The first-order valence-corrected chi connectivity index (χ1v) is 7.34. The summed E-state index contributed by atoms with van der Waals surface area (Å²) >= 11 is 0. The van der Waals surface area contributed by atoms with Crippen molar-refractivity contribution in [2.45, 2.75) is 56.7 Å². The first-order valence-electron chi connectivity index (χ1n) is 7.34. The molecule has 3 fully saturated rings. The molecule has 3 heterocycles. The third-order valence-electron chi connectivity index (χ3n) is 4.55. The first kappa shape index (κ1) is 13.8. The molecule has 0 bridgehead atoms. The highest BCUT2D eigenvalue weighted by Crippen LogP contribution is 2.46. The SMILES string of the molecule is CCCC1(C)OCC2(CCC13OCCO3)OCCO2. The van der Waals surface area contributed by atoms with Gasteiger partial charge in [0.1, 0.15) is 12.2 Å². The van der Waals surface area contributed by atoms with Crippen molar-refractivity contribution in [3.05, 3.63) is 0 Å². The summed E-state index contributed by atoms with van der Waals surface area (Å²) in [4.78, 5) is 0. The summed E-state index contributed by atoms with van der Waals surface area (Å²) in [7, 11) is 0. The van der Waals surface area contributed by atoms with E-state index >= 15 is 0 Å². The molecule has 0 N–H and O–H groups in total. The van der Waals surface area contributed by atoms with Crippen LogP contribution in [0.1, 0.15) is 39.5 Å². The van der Waals surface area contributed by atoms with Crippen molar-refractivity contribution in [3.63, 3.8) is 0 Å². The minimum Gasteiger partial charge on any atom is -0.364 e. The van der Waals surface area contributed by atoms with Gasteiger partial charge in [0.25, 0.3) is 0 Å². The van der Waals surface area contributed by atoms with Crippen LogP contribution in [0.3, 0.4) is 0 Å². The quantitative estimate of drug-likeness (QED) is 0.767. The van der Waals surface area contributed by atoms with Crippen molar-refractivity contribution in [1.29, 1.82) is 0 Å². The second-order valence-electron chi connectivity index (χ2n) is 5.83. The Morgan fingerprint density at radius 3 is 2.11 bits per heavy atom. The Kier molecular flexibility index (Phi) is 3.60. The minimum absolute atomic E-state index is 0.433. The molecule has 5 heteroatoms. The first-order chi connectivity index (χ1) is 9.14. The van der Waals surface area contributed by atoms with Crippen LogP contribution in [-0.2, 0) is 23.7 Å². The third kappa shape index (κ3) is 2.21. The van der Waals surface area contributed by atoms with Gasteiger partial charge in [-0.25, -0.2) is 0 Å². The normalized spacial score (nSPS) is 36.9. The van der Waals surface area contributed by atoms with E-state index in [9.17, 15) is 0 Å². The van der Waals surface area contributed by atoms with Gasteiger partial charge >= 0.3 is 0 Å². The molecule has 0 saturated carbocycles. The average Bonchev–Trinajstić information content (AvgIpc) is 3.03. The van der Waals surface area contributed by atoms with Crippen LogP contribution in [0.2, 0.25) is 0 Å². The smallest absolute Gasteiger partial charge is 0.197 e. The zero-order chi connectivity index (χ0) is 13.4. The van der Waals surface area contributed by atoms with Crippen LogP contribution in [-0.4, -0.2) is 50.2 Å². The Hall–Kier alpha value is -0.200. The van der Waals surface area contributed by atoms with Crippen molar-refractivity contribution in [3.8, 4) is 0 Å². The monoisotopic (exact) mass is 272 g/mol. The lowest BCUT2D eigenvalue weighted by molar-refractivity contribution is -0.283. The molecule has 0 amide bonds. The predicted molar refractivity (Wildman–Crippen MR) is 67.8 cm³/mol. The van der Waals surface area contributed by atoms with Crippen LogP contribution in [0, 0.1) is 0 Å². The Balaban J connectivity index is 1.85. The molecule has 0 aromatic rings. The van der Waals surface area contributed by atoms with Crippen LogP contribution >= 0.6 is 0 Å². The van der Waals surface area contributed by atoms with Crippen LogP contribution in [0.4, 0.5) is 0 Å². The molecule has 2 spiro atoms. The summed E-state index contributed by atoms with van der Waals surface area (Å²) in [5.41, 5.74) is -0.433. The molecule has 3 aliphatic rings. The van der Waals surface area contributed by atoms with Gasteiger partial charge in [-0.05, 0) is 13.3 Å². The van der Waals surface area contributed by atoms with E-state index < -0.39 is 17.2 Å². The van der Waals surface area contributed by atoms with Crippen molar-refractivity contribution in [2.75, 3.05) is 33.0 Å². The van der Waals surface area contributed by atoms with Crippen molar-refractivity contribution >= 4 is 0 Å². The van der Waals surface area contributed by atoms with Crippen LogP contribution in [0.15, 0.2) is 0 Å². The highest BCUT2D eigenvalue weighted by molar-refractivity contribution is 4.99. The summed E-state index contributed by atoms with van der Waals surface area (Å²) < 4.78 is 29.7. The lowest BCUT2D eigenvalue weighted by Gasteiger charge is -2.42.